The van der Waals surface area contributed by atoms with Crippen molar-refractivity contribution >= 4 is 23.1 Å². The summed E-state index contributed by atoms with van der Waals surface area (Å²) in [4.78, 5) is 14.8. The Bertz CT molecular complexity index is 425. The minimum Gasteiger partial charge on any atom is -0.459 e. The van der Waals surface area contributed by atoms with Crippen LogP contribution in [0.5, 0.6) is 0 Å². The summed E-state index contributed by atoms with van der Waals surface area (Å²) in [5.41, 5.74) is 5.56. The maximum absolute atomic E-state index is 12.5. The summed E-state index contributed by atoms with van der Waals surface area (Å²) in [6.07, 6.45) is 7.83. The monoisotopic (exact) mass is 280 g/mol. The molecule has 0 spiro atoms. The summed E-state index contributed by atoms with van der Waals surface area (Å²) in [7, 11) is 0. The van der Waals surface area contributed by atoms with E-state index < -0.39 is 0 Å². The fourth-order valence-electron chi connectivity index (χ4n) is 2.62. The fourth-order valence-corrected chi connectivity index (χ4v) is 2.71. The zero-order chi connectivity index (χ0) is 13.7. The number of carbonyl (C=O) groups is 1. The first-order valence-corrected chi connectivity index (χ1v) is 7.22. The molecule has 1 aromatic rings. The van der Waals surface area contributed by atoms with Crippen molar-refractivity contribution in [3.8, 4) is 0 Å². The smallest absolute Gasteiger partial charge is 0.289 e. The molecule has 1 saturated carbocycles. The maximum Gasteiger partial charge on any atom is 0.289 e. The molecular weight excluding hydrogens is 260 g/mol. The predicted octanol–water partition coefficient (Wildman–Crippen LogP) is 2.73. The second-order valence-corrected chi connectivity index (χ2v) is 5.51. The van der Waals surface area contributed by atoms with Gasteiger partial charge in [-0.05, 0) is 25.0 Å². The van der Waals surface area contributed by atoms with E-state index in [2.05, 4.69) is 0 Å². The molecule has 1 aromatic heterocycles. The highest BCUT2D eigenvalue weighted by Gasteiger charge is 2.27. The van der Waals surface area contributed by atoms with E-state index >= 15 is 0 Å². The Hall–Kier alpha value is -1.36. The fraction of sp³-hybridized carbons (Fsp3) is 0.571. The van der Waals surface area contributed by atoms with Crippen LogP contribution in [0.15, 0.2) is 22.8 Å². The molecule has 1 amide bonds. The third-order valence-electron chi connectivity index (χ3n) is 3.61. The molecular formula is C14H20N2O2S. The SMILES string of the molecule is NC(=S)CCN(C(=O)c1ccco1)C1CCCCC1. The van der Waals surface area contributed by atoms with Crippen molar-refractivity contribution in [3.63, 3.8) is 0 Å². The van der Waals surface area contributed by atoms with Crippen LogP contribution in [0.2, 0.25) is 0 Å². The van der Waals surface area contributed by atoms with Crippen LogP contribution < -0.4 is 5.73 Å². The summed E-state index contributed by atoms with van der Waals surface area (Å²) < 4.78 is 5.22. The van der Waals surface area contributed by atoms with Gasteiger partial charge < -0.3 is 15.1 Å². The topological polar surface area (TPSA) is 59.5 Å². The molecule has 1 fully saturated rings. The van der Waals surface area contributed by atoms with Crippen LogP contribution in [0, 0.1) is 0 Å². The van der Waals surface area contributed by atoms with Gasteiger partial charge >= 0.3 is 0 Å². The van der Waals surface area contributed by atoms with Crippen molar-refractivity contribution in [2.45, 2.75) is 44.6 Å². The molecule has 0 bridgehead atoms. The molecule has 2 rings (SSSR count). The molecule has 2 N–H and O–H groups in total. The summed E-state index contributed by atoms with van der Waals surface area (Å²) in [6.45, 7) is 0.583. The Balaban J connectivity index is 2.08. The molecule has 0 saturated heterocycles. The van der Waals surface area contributed by atoms with Crippen LogP contribution in [0.1, 0.15) is 49.1 Å². The lowest BCUT2D eigenvalue weighted by atomic mass is 9.94. The van der Waals surface area contributed by atoms with Crippen LogP contribution in [0.3, 0.4) is 0 Å². The minimum absolute atomic E-state index is 0.0480. The van der Waals surface area contributed by atoms with Gasteiger partial charge in [0.25, 0.3) is 5.91 Å². The van der Waals surface area contributed by atoms with Gasteiger partial charge in [-0.2, -0.15) is 0 Å². The van der Waals surface area contributed by atoms with Crippen molar-refractivity contribution in [1.29, 1.82) is 0 Å². The van der Waals surface area contributed by atoms with E-state index in [1.807, 2.05) is 4.90 Å². The largest absolute Gasteiger partial charge is 0.459 e. The highest BCUT2D eigenvalue weighted by Crippen LogP contribution is 2.24. The Morgan fingerprint density at radius 1 is 1.42 bits per heavy atom. The molecule has 1 aliphatic carbocycles. The molecule has 0 aromatic carbocycles. The third kappa shape index (κ3) is 3.80. The van der Waals surface area contributed by atoms with Crippen molar-refractivity contribution in [3.05, 3.63) is 24.2 Å². The van der Waals surface area contributed by atoms with E-state index in [0.717, 1.165) is 12.8 Å². The number of hydrogen-bond donors (Lipinski definition) is 1. The minimum atomic E-state index is -0.0480. The van der Waals surface area contributed by atoms with Crippen LogP contribution in [-0.4, -0.2) is 28.4 Å². The van der Waals surface area contributed by atoms with Crippen molar-refractivity contribution < 1.29 is 9.21 Å². The lowest BCUT2D eigenvalue weighted by Crippen LogP contribution is -2.42. The number of hydrogen-bond acceptors (Lipinski definition) is 3. The number of amides is 1. The second-order valence-electron chi connectivity index (χ2n) is 4.98. The van der Waals surface area contributed by atoms with Crippen molar-refractivity contribution in [1.82, 2.24) is 4.90 Å². The Labute approximate surface area is 118 Å². The summed E-state index contributed by atoms with van der Waals surface area (Å²) in [5, 5.41) is 0. The van der Waals surface area contributed by atoms with Gasteiger partial charge in [-0.3, -0.25) is 4.79 Å². The van der Waals surface area contributed by atoms with E-state index in [1.54, 1.807) is 12.1 Å². The van der Waals surface area contributed by atoms with Crippen LogP contribution >= 0.6 is 12.2 Å². The first kappa shape index (κ1) is 14.1. The molecule has 0 aliphatic heterocycles. The Morgan fingerprint density at radius 2 is 2.16 bits per heavy atom. The summed E-state index contributed by atoms with van der Waals surface area (Å²) in [6, 6.07) is 3.74. The molecule has 104 valence electrons. The summed E-state index contributed by atoms with van der Waals surface area (Å²) in [5.74, 6) is 0.349. The highest BCUT2D eigenvalue weighted by atomic mass is 32.1. The molecule has 5 heteroatoms. The first-order chi connectivity index (χ1) is 9.18. The van der Waals surface area contributed by atoms with Crippen molar-refractivity contribution in [2.75, 3.05) is 6.54 Å². The number of carbonyl (C=O) groups excluding carboxylic acids is 1. The van der Waals surface area contributed by atoms with Crippen LogP contribution in [-0.2, 0) is 0 Å². The van der Waals surface area contributed by atoms with Crippen LogP contribution in [0.4, 0.5) is 0 Å². The molecule has 19 heavy (non-hydrogen) atoms. The normalized spacial score (nSPS) is 16.2. The second kappa shape index (κ2) is 6.70. The quantitative estimate of drug-likeness (QED) is 0.843. The zero-order valence-electron chi connectivity index (χ0n) is 11.0. The maximum atomic E-state index is 12.5. The lowest BCUT2D eigenvalue weighted by Gasteiger charge is -2.33. The van der Waals surface area contributed by atoms with Gasteiger partial charge in [0.1, 0.15) is 0 Å². The molecule has 1 aliphatic rings. The first-order valence-electron chi connectivity index (χ1n) is 6.81. The zero-order valence-corrected chi connectivity index (χ0v) is 11.8. The molecule has 4 nitrogen and oxygen atoms in total. The van der Waals surface area contributed by atoms with E-state index in [0.29, 0.717) is 29.8 Å². The summed E-state index contributed by atoms with van der Waals surface area (Å²) >= 11 is 4.92. The van der Waals surface area contributed by atoms with Gasteiger partial charge in [0.15, 0.2) is 5.76 Å². The predicted molar refractivity (Wildman–Crippen MR) is 78.0 cm³/mol. The van der Waals surface area contributed by atoms with Gasteiger partial charge in [0.2, 0.25) is 0 Å². The van der Waals surface area contributed by atoms with Crippen molar-refractivity contribution in [2.24, 2.45) is 5.73 Å². The van der Waals surface area contributed by atoms with E-state index in [9.17, 15) is 4.79 Å². The molecule has 0 atom stereocenters. The average Bonchev–Trinajstić information content (AvgIpc) is 2.93. The lowest BCUT2D eigenvalue weighted by molar-refractivity contribution is 0.0609. The number of rotatable bonds is 5. The van der Waals surface area contributed by atoms with Gasteiger partial charge in [0, 0.05) is 19.0 Å². The van der Waals surface area contributed by atoms with Gasteiger partial charge in [0.05, 0.1) is 11.3 Å². The van der Waals surface area contributed by atoms with E-state index in [4.69, 9.17) is 22.4 Å². The average molecular weight is 280 g/mol. The van der Waals surface area contributed by atoms with Gasteiger partial charge in [-0.1, -0.05) is 31.5 Å². The molecule has 0 radical (unpaired) electrons. The number of thiocarbonyl (C=S) groups is 1. The number of furan rings is 1. The highest BCUT2D eigenvalue weighted by molar-refractivity contribution is 7.80. The number of nitrogens with two attached hydrogens (primary N) is 1. The standard InChI is InChI=1S/C14H20N2O2S/c15-13(19)8-9-16(11-5-2-1-3-6-11)14(17)12-7-4-10-18-12/h4,7,10-11H,1-3,5-6,8-9H2,(H2,15,19). The molecule has 1 heterocycles. The van der Waals surface area contributed by atoms with E-state index in [-0.39, 0.29) is 5.91 Å². The Kier molecular flexibility index (Phi) is 4.96. The number of nitrogens with zero attached hydrogens (tertiary/aromatic N) is 1. The van der Waals surface area contributed by atoms with Gasteiger partial charge in [-0.15, -0.1) is 0 Å². The molecule has 0 unspecified atom stereocenters. The Morgan fingerprint density at radius 3 is 2.74 bits per heavy atom. The van der Waals surface area contributed by atoms with Gasteiger partial charge in [-0.25, -0.2) is 0 Å². The third-order valence-corrected chi connectivity index (χ3v) is 3.81. The van der Waals surface area contributed by atoms with Crippen LogP contribution in [0.25, 0.3) is 0 Å². The van der Waals surface area contributed by atoms with E-state index in [1.165, 1.54) is 25.5 Å².